The van der Waals surface area contributed by atoms with Crippen molar-refractivity contribution in [2.45, 2.75) is 125 Å². The van der Waals surface area contributed by atoms with E-state index in [-0.39, 0.29) is 0 Å². The van der Waals surface area contributed by atoms with Crippen LogP contribution in [0.2, 0.25) is 0 Å². The van der Waals surface area contributed by atoms with Crippen molar-refractivity contribution >= 4 is 0 Å². The van der Waals surface area contributed by atoms with Gasteiger partial charge >= 0.3 is 0 Å². The van der Waals surface area contributed by atoms with Crippen molar-refractivity contribution in [3.63, 3.8) is 0 Å². The van der Waals surface area contributed by atoms with Crippen LogP contribution in [0, 0.1) is 35.5 Å². The molecule has 0 fully saturated rings. The Labute approximate surface area is 173 Å². The smallest absolute Gasteiger partial charge is 0.0322 e. The predicted molar refractivity (Wildman–Crippen MR) is 124 cm³/mol. The van der Waals surface area contributed by atoms with E-state index in [0.717, 1.165) is 35.5 Å². The highest BCUT2D eigenvalue weighted by atomic mass is 14.3. The Morgan fingerprint density at radius 1 is 0.741 bits per heavy atom. The van der Waals surface area contributed by atoms with Crippen LogP contribution in [-0.4, -0.2) is 0 Å². The van der Waals surface area contributed by atoms with Crippen LogP contribution in [0.15, 0.2) is 12.2 Å². The topological polar surface area (TPSA) is 0 Å². The summed E-state index contributed by atoms with van der Waals surface area (Å²) in [4.78, 5) is 0. The fourth-order valence-corrected chi connectivity index (χ4v) is 4.92. The van der Waals surface area contributed by atoms with Gasteiger partial charge in [-0.1, -0.05) is 105 Å². The molecule has 1 aliphatic rings. The average Bonchev–Trinajstić information content (AvgIpc) is 2.67. The molecular formula is C27H52. The maximum atomic E-state index is 2.51. The second kappa shape index (κ2) is 14.7. The zero-order chi connectivity index (χ0) is 20.1. The number of unbranched alkanes of at least 4 members (excludes halogenated alkanes) is 4. The van der Waals surface area contributed by atoms with Crippen LogP contribution in [0.4, 0.5) is 0 Å². The molecule has 0 saturated carbocycles. The molecule has 0 spiro atoms. The van der Waals surface area contributed by atoms with Gasteiger partial charge < -0.3 is 0 Å². The van der Waals surface area contributed by atoms with E-state index in [9.17, 15) is 0 Å². The van der Waals surface area contributed by atoms with Gasteiger partial charge in [-0.15, -0.1) is 0 Å². The summed E-state index contributed by atoms with van der Waals surface area (Å²) in [7, 11) is 0. The van der Waals surface area contributed by atoms with E-state index in [4.69, 9.17) is 0 Å². The molecule has 0 bridgehead atoms. The molecular weight excluding hydrogens is 324 g/mol. The standard InChI is InChI=1S/C27H52/c1-7-22(2)20-24(4)26(6)21-25(5)23(3)16-12-9-8-10-13-17-27-18-14-11-15-19-27/h11,14,22-27H,7-10,12-13,15-21H2,1-6H3. The first-order valence-corrected chi connectivity index (χ1v) is 12.6. The van der Waals surface area contributed by atoms with Crippen molar-refractivity contribution in [1.82, 2.24) is 0 Å². The Balaban J connectivity index is 2.04. The molecule has 0 radical (unpaired) electrons. The minimum absolute atomic E-state index is 0.881. The van der Waals surface area contributed by atoms with Crippen LogP contribution < -0.4 is 0 Å². The van der Waals surface area contributed by atoms with E-state index in [1.165, 1.54) is 83.5 Å². The van der Waals surface area contributed by atoms with Crippen LogP contribution in [0.3, 0.4) is 0 Å². The summed E-state index contributed by atoms with van der Waals surface area (Å²) in [5.41, 5.74) is 0. The lowest BCUT2D eigenvalue weighted by Gasteiger charge is -2.28. The number of allylic oxidation sites excluding steroid dienone is 2. The van der Waals surface area contributed by atoms with Gasteiger partial charge in [-0.3, -0.25) is 0 Å². The van der Waals surface area contributed by atoms with E-state index in [2.05, 4.69) is 53.7 Å². The van der Waals surface area contributed by atoms with Crippen LogP contribution >= 0.6 is 0 Å². The minimum atomic E-state index is 0.881. The highest BCUT2D eigenvalue weighted by Crippen LogP contribution is 2.31. The zero-order valence-electron chi connectivity index (χ0n) is 19.8. The van der Waals surface area contributed by atoms with Crippen LogP contribution in [0.25, 0.3) is 0 Å². The first-order valence-electron chi connectivity index (χ1n) is 12.6. The normalized spacial score (nSPS) is 23.0. The molecule has 0 aromatic carbocycles. The molecule has 0 heterocycles. The van der Waals surface area contributed by atoms with Crippen LogP contribution in [0.1, 0.15) is 125 Å². The quantitative estimate of drug-likeness (QED) is 0.197. The molecule has 1 rings (SSSR count). The van der Waals surface area contributed by atoms with Crippen molar-refractivity contribution in [1.29, 1.82) is 0 Å². The van der Waals surface area contributed by atoms with Gasteiger partial charge in [0.15, 0.2) is 0 Å². The molecule has 27 heavy (non-hydrogen) atoms. The molecule has 0 saturated heterocycles. The third kappa shape index (κ3) is 11.4. The van der Waals surface area contributed by atoms with Crippen molar-refractivity contribution in [3.8, 4) is 0 Å². The second-order valence-corrected chi connectivity index (χ2v) is 10.4. The lowest BCUT2D eigenvalue weighted by Crippen LogP contribution is -2.18. The van der Waals surface area contributed by atoms with E-state index in [1.807, 2.05) is 0 Å². The Hall–Kier alpha value is -0.260. The minimum Gasteiger partial charge on any atom is -0.0885 e. The van der Waals surface area contributed by atoms with Gasteiger partial charge in [-0.25, -0.2) is 0 Å². The van der Waals surface area contributed by atoms with E-state index in [1.54, 1.807) is 0 Å². The fraction of sp³-hybridized carbons (Fsp3) is 0.926. The van der Waals surface area contributed by atoms with E-state index >= 15 is 0 Å². The van der Waals surface area contributed by atoms with Crippen LogP contribution in [-0.2, 0) is 0 Å². The number of hydrogen-bond acceptors (Lipinski definition) is 0. The number of rotatable bonds is 15. The molecule has 0 aliphatic heterocycles. The second-order valence-electron chi connectivity index (χ2n) is 10.4. The van der Waals surface area contributed by atoms with Gasteiger partial charge in [0.1, 0.15) is 0 Å². The molecule has 0 nitrogen and oxygen atoms in total. The summed E-state index contributed by atoms with van der Waals surface area (Å²) >= 11 is 0. The molecule has 1 aliphatic carbocycles. The lowest BCUT2D eigenvalue weighted by atomic mass is 9.78. The Morgan fingerprint density at radius 2 is 1.37 bits per heavy atom. The molecule has 0 heteroatoms. The fourth-order valence-electron chi connectivity index (χ4n) is 4.92. The molecule has 0 amide bonds. The summed E-state index contributed by atoms with van der Waals surface area (Å²) in [5, 5.41) is 0. The van der Waals surface area contributed by atoms with E-state index < -0.39 is 0 Å². The average molecular weight is 377 g/mol. The van der Waals surface area contributed by atoms with Gasteiger partial charge in [0.2, 0.25) is 0 Å². The Morgan fingerprint density at radius 3 is 2.04 bits per heavy atom. The predicted octanol–water partition coefficient (Wildman–Crippen LogP) is 9.44. The van der Waals surface area contributed by atoms with Gasteiger partial charge in [0, 0.05) is 0 Å². The molecule has 0 aromatic heterocycles. The lowest BCUT2D eigenvalue weighted by molar-refractivity contribution is 0.227. The zero-order valence-corrected chi connectivity index (χ0v) is 19.8. The van der Waals surface area contributed by atoms with E-state index in [0.29, 0.717) is 0 Å². The highest BCUT2D eigenvalue weighted by molar-refractivity contribution is 4.89. The summed E-state index contributed by atoms with van der Waals surface area (Å²) in [6.45, 7) is 14.8. The van der Waals surface area contributed by atoms with Crippen molar-refractivity contribution in [3.05, 3.63) is 12.2 Å². The Bertz CT molecular complexity index is 368. The van der Waals surface area contributed by atoms with Crippen molar-refractivity contribution < 1.29 is 0 Å². The van der Waals surface area contributed by atoms with Gasteiger partial charge in [-0.2, -0.15) is 0 Å². The highest BCUT2D eigenvalue weighted by Gasteiger charge is 2.20. The SMILES string of the molecule is CCC(C)CC(C)C(C)CC(C)C(C)CCCCCCCC1CC=CCC1. The maximum absolute atomic E-state index is 2.51. The summed E-state index contributed by atoms with van der Waals surface area (Å²) in [5.74, 6) is 5.45. The van der Waals surface area contributed by atoms with Gasteiger partial charge in [-0.05, 0) is 67.6 Å². The molecule has 0 aromatic rings. The summed E-state index contributed by atoms with van der Waals surface area (Å²) < 4.78 is 0. The first-order chi connectivity index (χ1) is 12.9. The van der Waals surface area contributed by atoms with Crippen LogP contribution in [0.5, 0.6) is 0 Å². The monoisotopic (exact) mass is 376 g/mol. The third-order valence-corrected chi connectivity index (χ3v) is 7.81. The van der Waals surface area contributed by atoms with Gasteiger partial charge in [0.25, 0.3) is 0 Å². The largest absolute Gasteiger partial charge is 0.0885 e. The molecule has 0 N–H and O–H groups in total. The Kier molecular flexibility index (Phi) is 13.5. The number of hydrogen-bond donors (Lipinski definition) is 0. The summed E-state index contributed by atoms with van der Waals surface area (Å²) in [6, 6.07) is 0. The van der Waals surface area contributed by atoms with Gasteiger partial charge in [0.05, 0.1) is 0 Å². The summed E-state index contributed by atoms with van der Waals surface area (Å²) in [6.07, 6.45) is 23.3. The molecule has 160 valence electrons. The molecule has 6 atom stereocenters. The van der Waals surface area contributed by atoms with Crippen molar-refractivity contribution in [2.24, 2.45) is 35.5 Å². The first kappa shape index (κ1) is 24.8. The van der Waals surface area contributed by atoms with Crippen molar-refractivity contribution in [2.75, 3.05) is 0 Å². The third-order valence-electron chi connectivity index (χ3n) is 7.81. The maximum Gasteiger partial charge on any atom is -0.0322 e. The molecule has 6 unspecified atom stereocenters.